The number of nitro groups is 2. The average Bonchev–Trinajstić information content (AvgIpc) is 2.95. The first kappa shape index (κ1) is 16.0. The minimum absolute atomic E-state index is 0.0170. The molecule has 0 aliphatic rings. The second-order valence-corrected chi connectivity index (χ2v) is 6.23. The first-order chi connectivity index (χ1) is 11.4. The SMILES string of the molecule is O=[N+]([O-])c1ccc2sc(/C=C/c3ccc(Cl)c([N+](=O)[O-])c3)nc2c1. The first-order valence-electron chi connectivity index (χ1n) is 6.61. The Labute approximate surface area is 144 Å². The van der Waals surface area contributed by atoms with Crippen LogP contribution in [0, 0.1) is 20.2 Å². The molecule has 24 heavy (non-hydrogen) atoms. The number of rotatable bonds is 4. The Morgan fingerprint density at radius 3 is 2.54 bits per heavy atom. The zero-order valence-corrected chi connectivity index (χ0v) is 13.5. The van der Waals surface area contributed by atoms with Gasteiger partial charge in [0.25, 0.3) is 11.4 Å². The molecule has 7 nitrogen and oxygen atoms in total. The van der Waals surface area contributed by atoms with E-state index in [0.717, 1.165) is 4.70 Å². The summed E-state index contributed by atoms with van der Waals surface area (Å²) in [6, 6.07) is 8.98. The van der Waals surface area contributed by atoms with Crippen molar-refractivity contribution in [1.82, 2.24) is 4.98 Å². The van der Waals surface area contributed by atoms with Gasteiger partial charge in [-0.05, 0) is 23.8 Å². The minimum atomic E-state index is -0.545. The Morgan fingerprint density at radius 2 is 1.83 bits per heavy atom. The van der Waals surface area contributed by atoms with Gasteiger partial charge in [0, 0.05) is 18.2 Å². The van der Waals surface area contributed by atoms with E-state index in [0.29, 0.717) is 16.1 Å². The van der Waals surface area contributed by atoms with Crippen molar-refractivity contribution in [3.63, 3.8) is 0 Å². The topological polar surface area (TPSA) is 99.2 Å². The number of aromatic nitrogens is 1. The van der Waals surface area contributed by atoms with Crippen molar-refractivity contribution in [3.05, 3.63) is 72.2 Å². The molecule has 0 amide bonds. The molecule has 3 aromatic rings. The predicted octanol–water partition coefficient (Wildman–Crippen LogP) is 4.94. The fourth-order valence-corrected chi connectivity index (χ4v) is 3.10. The summed E-state index contributed by atoms with van der Waals surface area (Å²) in [5.41, 5.74) is 0.961. The lowest BCUT2D eigenvalue weighted by molar-refractivity contribution is -0.384. The molecule has 0 aliphatic carbocycles. The van der Waals surface area contributed by atoms with Crippen LogP contribution in [0.4, 0.5) is 11.4 Å². The van der Waals surface area contributed by atoms with Crippen LogP contribution in [0.15, 0.2) is 36.4 Å². The summed E-state index contributed by atoms with van der Waals surface area (Å²) in [5.74, 6) is 0. The fourth-order valence-electron chi connectivity index (χ4n) is 2.06. The van der Waals surface area contributed by atoms with Gasteiger partial charge in [0.15, 0.2) is 0 Å². The van der Waals surface area contributed by atoms with Crippen LogP contribution in [0.25, 0.3) is 22.4 Å². The molecule has 0 bridgehead atoms. The highest BCUT2D eigenvalue weighted by Gasteiger charge is 2.12. The summed E-state index contributed by atoms with van der Waals surface area (Å²) in [4.78, 5) is 25.0. The summed E-state index contributed by atoms with van der Waals surface area (Å²) in [6.45, 7) is 0. The zero-order valence-electron chi connectivity index (χ0n) is 11.9. The molecule has 120 valence electrons. The van der Waals surface area contributed by atoms with Crippen LogP contribution < -0.4 is 0 Å². The third-order valence-electron chi connectivity index (χ3n) is 3.18. The van der Waals surface area contributed by atoms with Crippen LogP contribution in [-0.4, -0.2) is 14.8 Å². The van der Waals surface area contributed by atoms with E-state index in [1.54, 1.807) is 24.3 Å². The second kappa shape index (κ2) is 6.34. The monoisotopic (exact) mass is 361 g/mol. The van der Waals surface area contributed by atoms with Crippen LogP contribution in [0.5, 0.6) is 0 Å². The number of non-ortho nitro benzene ring substituents is 1. The van der Waals surface area contributed by atoms with E-state index in [1.807, 2.05) is 0 Å². The highest BCUT2D eigenvalue weighted by Crippen LogP contribution is 2.28. The Balaban J connectivity index is 1.92. The standard InChI is InChI=1S/C15H8ClN3O4S/c16-11-4-1-9(7-13(11)19(22)23)2-6-15-17-12-8-10(18(20)21)3-5-14(12)24-15/h1-8H/b6-2+. The number of nitro benzene ring substituents is 2. The number of thiazole rings is 1. The number of halogens is 1. The molecule has 0 fully saturated rings. The zero-order chi connectivity index (χ0) is 17.3. The van der Waals surface area contributed by atoms with Gasteiger partial charge in [-0.15, -0.1) is 11.3 Å². The molecule has 0 atom stereocenters. The Kier molecular flexibility index (Phi) is 4.24. The third-order valence-corrected chi connectivity index (χ3v) is 4.51. The summed E-state index contributed by atoms with van der Waals surface area (Å²) in [7, 11) is 0. The van der Waals surface area contributed by atoms with E-state index in [9.17, 15) is 20.2 Å². The van der Waals surface area contributed by atoms with Gasteiger partial charge < -0.3 is 0 Å². The van der Waals surface area contributed by atoms with Gasteiger partial charge in [0.05, 0.1) is 20.1 Å². The molecule has 1 aromatic heterocycles. The summed E-state index contributed by atoms with van der Waals surface area (Å²) >= 11 is 7.14. The van der Waals surface area contributed by atoms with Crippen molar-refractivity contribution in [2.45, 2.75) is 0 Å². The smallest absolute Gasteiger partial charge is 0.258 e. The van der Waals surface area contributed by atoms with Crippen LogP contribution in [-0.2, 0) is 0 Å². The van der Waals surface area contributed by atoms with E-state index >= 15 is 0 Å². The molecule has 0 aliphatic heterocycles. The second-order valence-electron chi connectivity index (χ2n) is 4.76. The Morgan fingerprint density at radius 1 is 1.04 bits per heavy atom. The van der Waals surface area contributed by atoms with Crippen LogP contribution in [0.1, 0.15) is 10.6 Å². The summed E-state index contributed by atoms with van der Waals surface area (Å²) in [6.07, 6.45) is 3.37. The predicted molar refractivity (Wildman–Crippen MR) is 93.3 cm³/mol. The summed E-state index contributed by atoms with van der Waals surface area (Å²) < 4.78 is 0.822. The molecule has 9 heteroatoms. The van der Waals surface area contributed by atoms with E-state index in [4.69, 9.17) is 11.6 Å². The molecule has 0 spiro atoms. The summed E-state index contributed by atoms with van der Waals surface area (Å²) in [5, 5.41) is 22.4. The normalized spacial score (nSPS) is 11.2. The van der Waals surface area contributed by atoms with Crippen LogP contribution in [0.2, 0.25) is 5.02 Å². The van der Waals surface area contributed by atoms with Crippen LogP contribution >= 0.6 is 22.9 Å². The van der Waals surface area contributed by atoms with E-state index in [-0.39, 0.29) is 16.4 Å². The molecule has 1 heterocycles. The van der Waals surface area contributed by atoms with E-state index < -0.39 is 9.85 Å². The first-order valence-corrected chi connectivity index (χ1v) is 7.80. The van der Waals surface area contributed by atoms with Gasteiger partial charge in [-0.3, -0.25) is 20.2 Å². The van der Waals surface area contributed by atoms with Crippen molar-refractivity contribution < 1.29 is 9.85 Å². The quantitative estimate of drug-likeness (QED) is 0.484. The van der Waals surface area contributed by atoms with Gasteiger partial charge in [-0.1, -0.05) is 23.7 Å². The van der Waals surface area contributed by atoms with Crippen molar-refractivity contribution in [2.75, 3.05) is 0 Å². The van der Waals surface area contributed by atoms with Gasteiger partial charge in [-0.25, -0.2) is 4.98 Å². The lowest BCUT2D eigenvalue weighted by atomic mass is 10.2. The maximum Gasteiger partial charge on any atom is 0.288 e. The van der Waals surface area contributed by atoms with Crippen molar-refractivity contribution in [3.8, 4) is 0 Å². The third kappa shape index (κ3) is 3.24. The number of nitrogens with zero attached hydrogens (tertiary/aromatic N) is 3. The lowest BCUT2D eigenvalue weighted by Gasteiger charge is -1.96. The van der Waals surface area contributed by atoms with Crippen molar-refractivity contribution >= 4 is 56.7 Å². The molecule has 0 saturated heterocycles. The van der Waals surface area contributed by atoms with E-state index in [1.165, 1.54) is 35.6 Å². The molecule has 3 rings (SSSR count). The molecular formula is C15H8ClN3O4S. The van der Waals surface area contributed by atoms with E-state index in [2.05, 4.69) is 4.98 Å². The molecule has 0 saturated carbocycles. The highest BCUT2D eigenvalue weighted by atomic mass is 35.5. The van der Waals surface area contributed by atoms with Gasteiger partial charge >= 0.3 is 0 Å². The van der Waals surface area contributed by atoms with Crippen molar-refractivity contribution in [1.29, 1.82) is 0 Å². The lowest BCUT2D eigenvalue weighted by Crippen LogP contribution is -1.89. The molecular weight excluding hydrogens is 354 g/mol. The van der Waals surface area contributed by atoms with Crippen LogP contribution in [0.3, 0.4) is 0 Å². The number of benzene rings is 2. The number of hydrogen-bond acceptors (Lipinski definition) is 6. The minimum Gasteiger partial charge on any atom is -0.258 e. The molecule has 0 unspecified atom stereocenters. The average molecular weight is 362 g/mol. The maximum absolute atomic E-state index is 10.9. The number of fused-ring (bicyclic) bond motifs is 1. The fraction of sp³-hybridized carbons (Fsp3) is 0. The molecule has 2 aromatic carbocycles. The van der Waals surface area contributed by atoms with Crippen molar-refractivity contribution in [2.24, 2.45) is 0 Å². The molecule has 0 N–H and O–H groups in total. The highest BCUT2D eigenvalue weighted by molar-refractivity contribution is 7.19. The Bertz CT molecular complexity index is 1000. The maximum atomic E-state index is 10.9. The number of hydrogen-bond donors (Lipinski definition) is 0. The Hall–Kier alpha value is -2.84. The molecule has 0 radical (unpaired) electrons. The largest absolute Gasteiger partial charge is 0.288 e. The van der Waals surface area contributed by atoms with Gasteiger partial charge in [-0.2, -0.15) is 0 Å². The van der Waals surface area contributed by atoms with Gasteiger partial charge in [0.1, 0.15) is 10.0 Å². The van der Waals surface area contributed by atoms with Gasteiger partial charge in [0.2, 0.25) is 0 Å².